The highest BCUT2D eigenvalue weighted by atomic mass is 19.2. The number of para-hydroxylation sites is 1. The van der Waals surface area contributed by atoms with Crippen LogP contribution >= 0.6 is 0 Å². The summed E-state index contributed by atoms with van der Waals surface area (Å²) in [5, 5.41) is 14.8. The van der Waals surface area contributed by atoms with Crippen LogP contribution in [0.1, 0.15) is 18.7 Å². The second-order valence-electron chi connectivity index (χ2n) is 10.2. The third-order valence-corrected chi connectivity index (χ3v) is 6.73. The van der Waals surface area contributed by atoms with Crippen LogP contribution < -0.4 is 20.9 Å². The van der Waals surface area contributed by atoms with Crippen LogP contribution in [0.15, 0.2) is 71.7 Å². The number of aromatic nitrogens is 3. The topological polar surface area (TPSA) is 174 Å². The molecule has 4 rings (SSSR count). The number of carbonyl (C=O) groups is 4. The summed E-state index contributed by atoms with van der Waals surface area (Å²) in [5.41, 5.74) is -1.64. The molecule has 0 saturated carbocycles. The van der Waals surface area contributed by atoms with E-state index in [9.17, 15) is 37.9 Å². The molecule has 0 radical (unpaired) electrons. The first-order valence-electron chi connectivity index (χ1n) is 14.0. The summed E-state index contributed by atoms with van der Waals surface area (Å²) in [6.07, 6.45) is 1.90. The van der Waals surface area contributed by atoms with Crippen LogP contribution in [0.5, 0.6) is 11.5 Å². The molecule has 16 heteroatoms. The number of hydrogen-bond donors (Lipinski definition) is 3. The Labute approximate surface area is 265 Å². The molecule has 0 spiro atoms. The summed E-state index contributed by atoms with van der Waals surface area (Å²) in [6, 6.07) is 10.0. The van der Waals surface area contributed by atoms with Gasteiger partial charge >= 0.3 is 12.2 Å². The number of halogens is 2. The molecule has 4 aromatic rings. The third kappa shape index (κ3) is 7.97. The largest absolute Gasteiger partial charge is 0.464 e. The number of nitrogens with zero attached hydrogens (tertiary/aromatic N) is 4. The molecule has 0 aliphatic carbocycles. The van der Waals surface area contributed by atoms with Gasteiger partial charge < -0.3 is 34.7 Å². The summed E-state index contributed by atoms with van der Waals surface area (Å²) in [6.45, 7) is -0.494. The highest BCUT2D eigenvalue weighted by Crippen LogP contribution is 2.34. The molecule has 0 bridgehead atoms. The molecule has 0 aliphatic rings. The Balaban J connectivity index is 1.63. The van der Waals surface area contributed by atoms with Gasteiger partial charge in [-0.2, -0.15) is 4.39 Å². The van der Waals surface area contributed by atoms with Gasteiger partial charge in [0.15, 0.2) is 11.6 Å². The van der Waals surface area contributed by atoms with Gasteiger partial charge in [0.2, 0.25) is 17.6 Å². The highest BCUT2D eigenvalue weighted by Gasteiger charge is 2.26. The van der Waals surface area contributed by atoms with Crippen molar-refractivity contribution in [3.05, 3.63) is 94.7 Å². The van der Waals surface area contributed by atoms with Crippen molar-refractivity contribution in [2.45, 2.75) is 25.4 Å². The lowest BCUT2D eigenvalue weighted by Crippen LogP contribution is -2.44. The second-order valence-corrected chi connectivity index (χ2v) is 10.2. The molecule has 3 N–H and O–H groups in total. The van der Waals surface area contributed by atoms with E-state index in [2.05, 4.69) is 20.4 Å². The molecule has 2 heterocycles. The van der Waals surface area contributed by atoms with Crippen LogP contribution in [-0.4, -0.2) is 75.4 Å². The average Bonchev–Trinajstić information content (AvgIpc) is 3.40. The van der Waals surface area contributed by atoms with Gasteiger partial charge in [0.1, 0.15) is 28.8 Å². The minimum Gasteiger partial charge on any atom is -0.464 e. The SMILES string of the molecule is COC(=O)NC(CCC=CC(=O)N(C)C)C(=O)Nc1cccn(Cc2nc3c(Oc4ccccc4)c(F)c(F)cc3n2C(=O)O)c1=O. The number of imidazole rings is 1. The molecule has 1 unspecified atom stereocenters. The number of methoxy groups -OCH3 is 1. The number of carboxylic acid groups (broad SMARTS) is 1. The number of amides is 3. The number of benzene rings is 2. The zero-order valence-electron chi connectivity index (χ0n) is 25.4. The predicted molar refractivity (Wildman–Crippen MR) is 164 cm³/mol. The van der Waals surface area contributed by atoms with Crippen molar-refractivity contribution in [2.75, 3.05) is 26.5 Å². The maximum Gasteiger partial charge on any atom is 0.417 e. The van der Waals surface area contributed by atoms with Crippen LogP contribution in [0.3, 0.4) is 0 Å². The molecular formula is C31H30F2N6O8. The number of allylic oxidation sites excluding steroid dienone is 1. The van der Waals surface area contributed by atoms with Gasteiger partial charge in [-0.25, -0.2) is 23.5 Å². The van der Waals surface area contributed by atoms with E-state index in [1.165, 1.54) is 47.5 Å². The Hall–Kier alpha value is -6.06. The smallest absolute Gasteiger partial charge is 0.417 e. The van der Waals surface area contributed by atoms with Gasteiger partial charge in [-0.15, -0.1) is 0 Å². The van der Waals surface area contributed by atoms with Crippen molar-refractivity contribution in [1.29, 1.82) is 0 Å². The summed E-state index contributed by atoms with van der Waals surface area (Å²) >= 11 is 0. The van der Waals surface area contributed by atoms with Gasteiger partial charge in [-0.05, 0) is 43.2 Å². The molecule has 0 saturated heterocycles. The maximum atomic E-state index is 14.9. The number of anilines is 1. The fraction of sp³-hybridized carbons (Fsp3) is 0.226. The number of nitrogens with one attached hydrogen (secondary N) is 2. The third-order valence-electron chi connectivity index (χ3n) is 6.73. The van der Waals surface area contributed by atoms with Gasteiger partial charge in [0.05, 0.1) is 19.2 Å². The van der Waals surface area contributed by atoms with E-state index >= 15 is 0 Å². The van der Waals surface area contributed by atoms with E-state index < -0.39 is 53.6 Å². The Morgan fingerprint density at radius 1 is 1.11 bits per heavy atom. The van der Waals surface area contributed by atoms with Crippen molar-refractivity contribution < 1.29 is 42.5 Å². The van der Waals surface area contributed by atoms with Crippen LogP contribution in [0.2, 0.25) is 0 Å². The van der Waals surface area contributed by atoms with E-state index in [1.807, 2.05) is 0 Å². The molecule has 0 aliphatic heterocycles. The van der Waals surface area contributed by atoms with E-state index in [1.54, 1.807) is 32.3 Å². The Bertz CT molecular complexity index is 1910. The normalized spacial score (nSPS) is 11.7. The Kier molecular flexibility index (Phi) is 10.7. The average molecular weight is 653 g/mol. The maximum absolute atomic E-state index is 14.9. The fourth-order valence-electron chi connectivity index (χ4n) is 4.39. The van der Waals surface area contributed by atoms with Crippen molar-refractivity contribution in [2.24, 2.45) is 0 Å². The number of likely N-dealkylation sites (N-methyl/N-ethyl adjacent to an activating group) is 1. The first kappa shape index (κ1) is 33.8. The lowest BCUT2D eigenvalue weighted by Gasteiger charge is -2.17. The lowest BCUT2D eigenvalue weighted by molar-refractivity contribution is -0.123. The zero-order chi connectivity index (χ0) is 34.2. The number of ether oxygens (including phenoxy) is 2. The molecule has 14 nitrogen and oxygen atoms in total. The van der Waals surface area contributed by atoms with E-state index in [-0.39, 0.29) is 47.0 Å². The van der Waals surface area contributed by atoms with Crippen LogP contribution in [0.4, 0.5) is 24.1 Å². The predicted octanol–water partition coefficient (Wildman–Crippen LogP) is 3.93. The van der Waals surface area contributed by atoms with Gasteiger partial charge in [0.25, 0.3) is 5.56 Å². The zero-order valence-corrected chi connectivity index (χ0v) is 25.4. The molecule has 0 fully saturated rings. The van der Waals surface area contributed by atoms with E-state index in [4.69, 9.17) is 4.74 Å². The summed E-state index contributed by atoms with van der Waals surface area (Å²) in [5.74, 6) is -4.61. The monoisotopic (exact) mass is 652 g/mol. The number of alkyl carbamates (subject to hydrolysis) is 1. The highest BCUT2D eigenvalue weighted by molar-refractivity contribution is 5.96. The molecule has 246 valence electrons. The van der Waals surface area contributed by atoms with Crippen molar-refractivity contribution in [1.82, 2.24) is 24.3 Å². The number of carbonyl (C=O) groups excluding carboxylic acids is 3. The Morgan fingerprint density at radius 2 is 1.83 bits per heavy atom. The van der Waals surface area contributed by atoms with Crippen LogP contribution in [0.25, 0.3) is 11.0 Å². The molecule has 2 aromatic heterocycles. The molecule has 47 heavy (non-hydrogen) atoms. The molecule has 2 aromatic carbocycles. The number of fused-ring (bicyclic) bond motifs is 1. The minimum atomic E-state index is -1.59. The number of pyridine rings is 1. The molecule has 1 atom stereocenters. The van der Waals surface area contributed by atoms with Gasteiger partial charge in [0, 0.05) is 26.4 Å². The van der Waals surface area contributed by atoms with E-state index in [0.29, 0.717) is 10.6 Å². The van der Waals surface area contributed by atoms with Gasteiger partial charge in [-0.3, -0.25) is 14.4 Å². The van der Waals surface area contributed by atoms with Crippen molar-refractivity contribution >= 4 is 40.7 Å². The van der Waals surface area contributed by atoms with Crippen LogP contribution in [0, 0.1) is 11.6 Å². The standard InChI is InChI=1S/C31H30F2N6O8/c1-37(2)24(40)14-8-7-12-20(35-30(43)46-3)28(41)34-21-13-9-15-38(29(21)42)17-23-36-26-22(39(23)31(44)45)16-19(32)25(33)27(26)47-18-10-5-4-6-11-18/h4-6,8-11,13-16,20H,7,12,17H2,1-3H3,(H,34,41)(H,35,43)(H,44,45). The Morgan fingerprint density at radius 3 is 2.49 bits per heavy atom. The number of hydrogen-bond acceptors (Lipinski definition) is 8. The van der Waals surface area contributed by atoms with Crippen LogP contribution in [-0.2, 0) is 20.9 Å². The summed E-state index contributed by atoms with van der Waals surface area (Å²) in [7, 11) is 4.26. The lowest BCUT2D eigenvalue weighted by atomic mass is 10.1. The van der Waals surface area contributed by atoms with E-state index in [0.717, 1.165) is 11.7 Å². The first-order valence-corrected chi connectivity index (χ1v) is 14.0. The fourth-order valence-corrected chi connectivity index (χ4v) is 4.39. The first-order chi connectivity index (χ1) is 22.4. The quantitative estimate of drug-likeness (QED) is 0.203. The summed E-state index contributed by atoms with van der Waals surface area (Å²) in [4.78, 5) is 68.0. The number of rotatable bonds is 11. The second kappa shape index (κ2) is 14.8. The van der Waals surface area contributed by atoms with Crippen molar-refractivity contribution in [3.8, 4) is 11.5 Å². The summed E-state index contributed by atoms with van der Waals surface area (Å²) < 4.78 is 41.3. The minimum absolute atomic E-state index is 0.0440. The molecule has 3 amide bonds. The molecular weight excluding hydrogens is 622 g/mol. The van der Waals surface area contributed by atoms with Crippen molar-refractivity contribution in [3.63, 3.8) is 0 Å². The van der Waals surface area contributed by atoms with Gasteiger partial charge in [-0.1, -0.05) is 24.3 Å².